The maximum atomic E-state index is 11.5. The van der Waals surface area contributed by atoms with Crippen molar-refractivity contribution in [1.82, 2.24) is 10.2 Å². The van der Waals surface area contributed by atoms with Gasteiger partial charge in [-0.3, -0.25) is 4.79 Å². The molecule has 0 aliphatic carbocycles. The maximum Gasteiger partial charge on any atom is 0.223 e. The Balaban J connectivity index is 2.32. The summed E-state index contributed by atoms with van der Waals surface area (Å²) in [6, 6.07) is 10.9. The van der Waals surface area contributed by atoms with Gasteiger partial charge in [0.25, 0.3) is 0 Å². The third-order valence-corrected chi connectivity index (χ3v) is 3.09. The van der Waals surface area contributed by atoms with Gasteiger partial charge in [-0.15, -0.1) is 0 Å². The predicted octanol–water partition coefficient (Wildman–Crippen LogP) is 2.08. The summed E-state index contributed by atoms with van der Waals surface area (Å²) >= 11 is 0. The number of carbonyl (C=O) groups excluding carboxylic acids is 1. The second kappa shape index (κ2) is 7.88. The summed E-state index contributed by atoms with van der Waals surface area (Å²) in [4.78, 5) is 13.1. The van der Waals surface area contributed by atoms with Gasteiger partial charge in [-0.1, -0.05) is 37.3 Å². The minimum Gasteiger partial charge on any atom is -0.349 e. The SMILES string of the molecule is CCC(Cc1ccccc1)NCCC(=O)N(C)C. The molecule has 0 radical (unpaired) electrons. The molecule has 100 valence electrons. The molecule has 1 aromatic carbocycles. The zero-order valence-electron chi connectivity index (χ0n) is 11.6. The van der Waals surface area contributed by atoms with E-state index >= 15 is 0 Å². The van der Waals surface area contributed by atoms with E-state index in [4.69, 9.17) is 0 Å². The molecule has 0 spiro atoms. The van der Waals surface area contributed by atoms with E-state index in [2.05, 4.69) is 36.5 Å². The second-order valence-corrected chi connectivity index (χ2v) is 4.79. The van der Waals surface area contributed by atoms with Gasteiger partial charge < -0.3 is 10.2 Å². The third kappa shape index (κ3) is 5.32. The van der Waals surface area contributed by atoms with Crippen molar-refractivity contribution in [2.24, 2.45) is 0 Å². The van der Waals surface area contributed by atoms with Gasteiger partial charge in [0.05, 0.1) is 0 Å². The van der Waals surface area contributed by atoms with Crippen molar-refractivity contribution in [3.05, 3.63) is 35.9 Å². The Bertz CT molecular complexity index is 349. The number of carbonyl (C=O) groups is 1. The van der Waals surface area contributed by atoms with E-state index < -0.39 is 0 Å². The van der Waals surface area contributed by atoms with Crippen molar-refractivity contribution in [2.75, 3.05) is 20.6 Å². The monoisotopic (exact) mass is 248 g/mol. The fraction of sp³-hybridized carbons (Fsp3) is 0.533. The first-order valence-electron chi connectivity index (χ1n) is 6.61. The molecule has 1 rings (SSSR count). The highest BCUT2D eigenvalue weighted by molar-refractivity contribution is 5.75. The lowest BCUT2D eigenvalue weighted by Crippen LogP contribution is -2.34. The molecule has 1 N–H and O–H groups in total. The minimum atomic E-state index is 0.178. The van der Waals surface area contributed by atoms with E-state index in [0.29, 0.717) is 12.5 Å². The van der Waals surface area contributed by atoms with Crippen molar-refractivity contribution in [3.8, 4) is 0 Å². The Morgan fingerprint density at radius 1 is 1.28 bits per heavy atom. The van der Waals surface area contributed by atoms with Crippen LogP contribution in [-0.2, 0) is 11.2 Å². The molecule has 0 saturated carbocycles. The lowest BCUT2D eigenvalue weighted by atomic mass is 10.0. The second-order valence-electron chi connectivity index (χ2n) is 4.79. The smallest absolute Gasteiger partial charge is 0.223 e. The van der Waals surface area contributed by atoms with Crippen LogP contribution in [0.4, 0.5) is 0 Å². The molecule has 1 amide bonds. The number of hydrogen-bond donors (Lipinski definition) is 1. The summed E-state index contributed by atoms with van der Waals surface area (Å²) in [7, 11) is 3.59. The molecule has 1 unspecified atom stereocenters. The highest BCUT2D eigenvalue weighted by Gasteiger charge is 2.08. The van der Waals surface area contributed by atoms with Crippen LogP contribution in [0.1, 0.15) is 25.3 Å². The molecule has 1 aromatic rings. The van der Waals surface area contributed by atoms with Crippen molar-refractivity contribution in [2.45, 2.75) is 32.2 Å². The third-order valence-electron chi connectivity index (χ3n) is 3.09. The van der Waals surface area contributed by atoms with Crippen LogP contribution in [0, 0.1) is 0 Å². The van der Waals surface area contributed by atoms with Crippen LogP contribution >= 0.6 is 0 Å². The van der Waals surface area contributed by atoms with Gasteiger partial charge in [0.2, 0.25) is 5.91 Å². The molecule has 0 aliphatic heterocycles. The molecule has 3 nitrogen and oxygen atoms in total. The highest BCUT2D eigenvalue weighted by Crippen LogP contribution is 2.05. The van der Waals surface area contributed by atoms with Gasteiger partial charge in [-0.05, 0) is 18.4 Å². The van der Waals surface area contributed by atoms with Crippen LogP contribution in [0.3, 0.4) is 0 Å². The number of nitrogens with zero attached hydrogens (tertiary/aromatic N) is 1. The molecule has 0 saturated heterocycles. The zero-order chi connectivity index (χ0) is 13.4. The van der Waals surface area contributed by atoms with E-state index in [-0.39, 0.29) is 5.91 Å². The predicted molar refractivity (Wildman–Crippen MR) is 75.5 cm³/mol. The van der Waals surface area contributed by atoms with Crippen molar-refractivity contribution in [3.63, 3.8) is 0 Å². The molecule has 3 heteroatoms. The molecule has 0 fully saturated rings. The molecule has 0 heterocycles. The summed E-state index contributed by atoms with van der Waals surface area (Å²) in [5.74, 6) is 0.178. The standard InChI is InChI=1S/C15H24N2O/c1-4-14(12-13-8-6-5-7-9-13)16-11-10-15(18)17(2)3/h5-9,14,16H,4,10-12H2,1-3H3. The number of amides is 1. The van der Waals surface area contributed by atoms with Gasteiger partial charge in [-0.25, -0.2) is 0 Å². The fourth-order valence-corrected chi connectivity index (χ4v) is 1.87. The van der Waals surface area contributed by atoms with Gasteiger partial charge >= 0.3 is 0 Å². The van der Waals surface area contributed by atoms with Gasteiger partial charge in [0.15, 0.2) is 0 Å². The topological polar surface area (TPSA) is 32.3 Å². The number of rotatable bonds is 7. The first-order valence-corrected chi connectivity index (χ1v) is 6.61. The molecule has 0 aromatic heterocycles. The summed E-state index contributed by atoms with van der Waals surface area (Å²) in [5, 5.41) is 3.46. The van der Waals surface area contributed by atoms with Crippen LogP contribution in [0.25, 0.3) is 0 Å². The maximum absolute atomic E-state index is 11.5. The quantitative estimate of drug-likeness (QED) is 0.801. The normalized spacial score (nSPS) is 12.2. The molecular weight excluding hydrogens is 224 g/mol. The lowest BCUT2D eigenvalue weighted by Gasteiger charge is -2.18. The van der Waals surface area contributed by atoms with Crippen LogP contribution in [0.15, 0.2) is 30.3 Å². The van der Waals surface area contributed by atoms with Gasteiger partial charge in [0, 0.05) is 33.1 Å². The van der Waals surface area contributed by atoms with E-state index in [1.807, 2.05) is 6.07 Å². The van der Waals surface area contributed by atoms with Crippen LogP contribution in [-0.4, -0.2) is 37.5 Å². The number of hydrogen-bond acceptors (Lipinski definition) is 2. The van der Waals surface area contributed by atoms with E-state index in [1.54, 1.807) is 19.0 Å². The summed E-state index contributed by atoms with van der Waals surface area (Å²) < 4.78 is 0. The average Bonchev–Trinajstić information content (AvgIpc) is 2.38. The Kier molecular flexibility index (Phi) is 6.44. The Morgan fingerprint density at radius 3 is 2.50 bits per heavy atom. The van der Waals surface area contributed by atoms with Crippen molar-refractivity contribution >= 4 is 5.91 Å². The van der Waals surface area contributed by atoms with Crippen molar-refractivity contribution < 1.29 is 4.79 Å². The van der Waals surface area contributed by atoms with Crippen LogP contribution in [0.2, 0.25) is 0 Å². The largest absolute Gasteiger partial charge is 0.349 e. The summed E-state index contributed by atoms with van der Waals surface area (Å²) in [6.45, 7) is 2.93. The average molecular weight is 248 g/mol. The van der Waals surface area contributed by atoms with Gasteiger partial charge in [-0.2, -0.15) is 0 Å². The van der Waals surface area contributed by atoms with Crippen LogP contribution in [0.5, 0.6) is 0 Å². The Morgan fingerprint density at radius 2 is 1.94 bits per heavy atom. The molecular formula is C15H24N2O. The number of nitrogens with one attached hydrogen (secondary N) is 1. The molecule has 18 heavy (non-hydrogen) atoms. The van der Waals surface area contributed by atoms with E-state index in [0.717, 1.165) is 19.4 Å². The minimum absolute atomic E-state index is 0.178. The summed E-state index contributed by atoms with van der Waals surface area (Å²) in [5.41, 5.74) is 1.34. The van der Waals surface area contributed by atoms with E-state index in [9.17, 15) is 4.79 Å². The first kappa shape index (κ1) is 14.7. The van der Waals surface area contributed by atoms with E-state index in [1.165, 1.54) is 5.56 Å². The van der Waals surface area contributed by atoms with Crippen LogP contribution < -0.4 is 5.32 Å². The Hall–Kier alpha value is -1.35. The fourth-order valence-electron chi connectivity index (χ4n) is 1.87. The highest BCUT2D eigenvalue weighted by atomic mass is 16.2. The molecule has 0 aliphatic rings. The van der Waals surface area contributed by atoms with Gasteiger partial charge in [0.1, 0.15) is 0 Å². The molecule has 1 atom stereocenters. The molecule has 0 bridgehead atoms. The van der Waals surface area contributed by atoms with Crippen molar-refractivity contribution in [1.29, 1.82) is 0 Å². The lowest BCUT2D eigenvalue weighted by molar-refractivity contribution is -0.128. The summed E-state index contributed by atoms with van der Waals surface area (Å²) in [6.07, 6.45) is 2.66. The first-order chi connectivity index (χ1) is 8.63. The zero-order valence-corrected chi connectivity index (χ0v) is 11.6. The number of benzene rings is 1. The Labute approximate surface area is 110 Å².